The lowest BCUT2D eigenvalue weighted by Crippen LogP contribution is -2.44. The maximum atomic E-state index is 13.0. The molecule has 0 radical (unpaired) electrons. The van der Waals surface area contributed by atoms with Gasteiger partial charge in [-0.05, 0) is 67.0 Å². The van der Waals surface area contributed by atoms with Crippen LogP contribution in [-0.2, 0) is 33.9 Å². The van der Waals surface area contributed by atoms with Crippen LogP contribution in [0.3, 0.4) is 0 Å². The molecule has 2 aliphatic heterocycles. The summed E-state index contributed by atoms with van der Waals surface area (Å²) in [6.07, 6.45) is 4.20. The molecule has 2 aromatic rings. The van der Waals surface area contributed by atoms with Crippen molar-refractivity contribution in [2.75, 3.05) is 18.0 Å². The molecule has 2 fully saturated rings. The lowest BCUT2D eigenvalue weighted by atomic mass is 9.92. The molecule has 0 aromatic heterocycles. The van der Waals surface area contributed by atoms with Gasteiger partial charge < -0.3 is 15.1 Å². The molecule has 2 amide bonds. The summed E-state index contributed by atoms with van der Waals surface area (Å²) in [4.78, 5) is 53.7. The molecule has 0 unspecified atom stereocenters. The number of Topliss-reactive ketones (excluding diaryl/α,β-unsaturated/α-hetero) is 2. The molecular weight excluding hydrogens is 454 g/mol. The Morgan fingerprint density at radius 3 is 2.64 bits per heavy atom. The molecule has 7 nitrogen and oxygen atoms in total. The zero-order valence-corrected chi connectivity index (χ0v) is 20.8. The molecule has 1 saturated carbocycles. The van der Waals surface area contributed by atoms with Crippen molar-refractivity contribution < 1.29 is 19.2 Å². The van der Waals surface area contributed by atoms with Gasteiger partial charge in [-0.2, -0.15) is 0 Å². The van der Waals surface area contributed by atoms with Crippen LogP contribution in [0, 0.1) is 6.92 Å². The minimum Gasteiger partial charge on any atom is -0.371 e. The number of hydrogen-bond acceptors (Lipinski definition) is 5. The SMILES string of the molecule is Cc1cc(CCC(=O)NCc2cccc3c2CN([C@H]2CCC(=O)CC2=O)C3=O)ccc1N1CCCC1. The molecule has 1 atom stereocenters. The largest absolute Gasteiger partial charge is 0.371 e. The lowest BCUT2D eigenvalue weighted by Gasteiger charge is -2.29. The predicted octanol–water partition coefficient (Wildman–Crippen LogP) is 3.49. The molecule has 2 heterocycles. The van der Waals surface area contributed by atoms with Crippen LogP contribution in [0.1, 0.15) is 71.1 Å². The van der Waals surface area contributed by atoms with E-state index in [9.17, 15) is 19.2 Å². The highest BCUT2D eigenvalue weighted by Gasteiger charge is 2.39. The lowest BCUT2D eigenvalue weighted by molar-refractivity contribution is -0.133. The number of benzene rings is 2. The minimum absolute atomic E-state index is 0.0315. The number of nitrogens with one attached hydrogen (secondary N) is 1. The second-order valence-corrected chi connectivity index (χ2v) is 10.2. The smallest absolute Gasteiger partial charge is 0.255 e. The third-order valence-corrected chi connectivity index (χ3v) is 7.73. The van der Waals surface area contributed by atoms with Gasteiger partial charge in [-0.15, -0.1) is 0 Å². The number of carbonyl (C=O) groups excluding carboxylic acids is 4. The molecule has 36 heavy (non-hydrogen) atoms. The molecule has 3 aliphatic rings. The van der Waals surface area contributed by atoms with Gasteiger partial charge in [0.25, 0.3) is 5.91 Å². The van der Waals surface area contributed by atoms with Crippen LogP contribution in [0.25, 0.3) is 0 Å². The number of carbonyl (C=O) groups is 4. The van der Waals surface area contributed by atoms with Gasteiger partial charge in [0.05, 0.1) is 12.5 Å². The Bertz CT molecular complexity index is 1210. The van der Waals surface area contributed by atoms with E-state index in [-0.39, 0.29) is 29.8 Å². The molecule has 0 bridgehead atoms. The van der Waals surface area contributed by atoms with E-state index >= 15 is 0 Å². The number of ketones is 2. The van der Waals surface area contributed by atoms with E-state index in [1.165, 1.54) is 24.1 Å². The summed E-state index contributed by atoms with van der Waals surface area (Å²) >= 11 is 0. The van der Waals surface area contributed by atoms with Crippen LogP contribution in [0.15, 0.2) is 36.4 Å². The second-order valence-electron chi connectivity index (χ2n) is 10.2. The number of nitrogens with zero attached hydrogens (tertiary/aromatic N) is 2. The van der Waals surface area contributed by atoms with Gasteiger partial charge in [-0.1, -0.05) is 24.3 Å². The van der Waals surface area contributed by atoms with Crippen molar-refractivity contribution in [2.24, 2.45) is 0 Å². The summed E-state index contributed by atoms with van der Waals surface area (Å²) < 4.78 is 0. The van der Waals surface area contributed by atoms with E-state index in [1.54, 1.807) is 11.0 Å². The average molecular weight is 488 g/mol. The maximum absolute atomic E-state index is 13.0. The van der Waals surface area contributed by atoms with Crippen molar-refractivity contribution in [3.8, 4) is 0 Å². The number of rotatable bonds is 7. The van der Waals surface area contributed by atoms with E-state index in [2.05, 4.69) is 35.3 Å². The van der Waals surface area contributed by atoms with Crippen LogP contribution < -0.4 is 10.2 Å². The fourth-order valence-corrected chi connectivity index (χ4v) is 5.75. The Morgan fingerprint density at radius 2 is 1.89 bits per heavy atom. The summed E-state index contributed by atoms with van der Waals surface area (Å²) in [5.41, 5.74) is 6.04. The number of hydrogen-bond donors (Lipinski definition) is 1. The van der Waals surface area contributed by atoms with Gasteiger partial charge in [-0.25, -0.2) is 0 Å². The van der Waals surface area contributed by atoms with Crippen LogP contribution in [-0.4, -0.2) is 47.4 Å². The Balaban J connectivity index is 1.17. The molecular formula is C29H33N3O4. The molecule has 2 aromatic carbocycles. The van der Waals surface area contributed by atoms with Gasteiger partial charge in [0, 0.05) is 50.3 Å². The van der Waals surface area contributed by atoms with Gasteiger partial charge in [0.1, 0.15) is 5.78 Å². The molecule has 1 N–H and O–H groups in total. The van der Waals surface area contributed by atoms with E-state index in [1.807, 2.05) is 12.1 Å². The molecule has 5 rings (SSSR count). The van der Waals surface area contributed by atoms with E-state index in [0.717, 1.165) is 29.8 Å². The fraction of sp³-hybridized carbons (Fsp3) is 0.448. The summed E-state index contributed by atoms with van der Waals surface area (Å²) in [6.45, 7) is 5.05. The molecule has 0 spiro atoms. The maximum Gasteiger partial charge on any atom is 0.255 e. The van der Waals surface area contributed by atoms with Crippen LogP contribution in [0.5, 0.6) is 0 Å². The topological polar surface area (TPSA) is 86.8 Å². The molecule has 188 valence electrons. The van der Waals surface area contributed by atoms with Crippen molar-refractivity contribution in [1.82, 2.24) is 10.2 Å². The van der Waals surface area contributed by atoms with Crippen molar-refractivity contribution in [1.29, 1.82) is 0 Å². The first-order chi connectivity index (χ1) is 17.4. The van der Waals surface area contributed by atoms with Crippen molar-refractivity contribution in [3.63, 3.8) is 0 Å². The zero-order valence-electron chi connectivity index (χ0n) is 20.8. The number of amides is 2. The number of fused-ring (bicyclic) bond motifs is 1. The monoisotopic (exact) mass is 487 g/mol. The first-order valence-corrected chi connectivity index (χ1v) is 13.0. The van der Waals surface area contributed by atoms with Gasteiger partial charge in [-0.3, -0.25) is 19.2 Å². The highest BCUT2D eigenvalue weighted by atomic mass is 16.2. The number of aryl methyl sites for hydroxylation is 2. The highest BCUT2D eigenvalue weighted by molar-refractivity contribution is 6.07. The Morgan fingerprint density at radius 1 is 1.08 bits per heavy atom. The van der Waals surface area contributed by atoms with E-state index in [4.69, 9.17) is 0 Å². The van der Waals surface area contributed by atoms with Crippen molar-refractivity contribution in [2.45, 2.75) is 71.0 Å². The fourth-order valence-electron chi connectivity index (χ4n) is 5.75. The first-order valence-electron chi connectivity index (χ1n) is 13.0. The Labute approximate surface area is 211 Å². The third kappa shape index (κ3) is 4.92. The van der Waals surface area contributed by atoms with Crippen LogP contribution in [0.2, 0.25) is 0 Å². The first kappa shape index (κ1) is 24.2. The van der Waals surface area contributed by atoms with Crippen molar-refractivity contribution in [3.05, 3.63) is 64.2 Å². The summed E-state index contributed by atoms with van der Waals surface area (Å²) in [5.74, 6) is -0.429. The van der Waals surface area contributed by atoms with Crippen molar-refractivity contribution >= 4 is 29.1 Å². The highest BCUT2D eigenvalue weighted by Crippen LogP contribution is 2.31. The van der Waals surface area contributed by atoms with Crippen LogP contribution >= 0.6 is 0 Å². The predicted molar refractivity (Wildman–Crippen MR) is 137 cm³/mol. The van der Waals surface area contributed by atoms with Crippen LogP contribution in [0.4, 0.5) is 5.69 Å². The number of anilines is 1. The van der Waals surface area contributed by atoms with Gasteiger partial charge >= 0.3 is 0 Å². The van der Waals surface area contributed by atoms with E-state index in [0.29, 0.717) is 44.3 Å². The van der Waals surface area contributed by atoms with Gasteiger partial charge in [0.15, 0.2) is 5.78 Å². The molecule has 1 saturated heterocycles. The average Bonchev–Trinajstić information content (AvgIpc) is 3.50. The summed E-state index contributed by atoms with van der Waals surface area (Å²) in [5, 5.41) is 3.00. The summed E-state index contributed by atoms with van der Waals surface area (Å²) in [6, 6.07) is 11.5. The quantitative estimate of drug-likeness (QED) is 0.604. The minimum atomic E-state index is -0.537. The Hall–Kier alpha value is -3.48. The summed E-state index contributed by atoms with van der Waals surface area (Å²) in [7, 11) is 0. The molecule has 7 heteroatoms. The second kappa shape index (κ2) is 10.2. The normalized spacial score (nSPS) is 19.7. The van der Waals surface area contributed by atoms with E-state index < -0.39 is 6.04 Å². The molecule has 1 aliphatic carbocycles. The standard InChI is InChI=1S/C29H33N3O4/c1-19-15-20(7-10-25(19)31-13-2-3-14-31)8-12-28(35)30-17-21-5-4-6-23-24(21)18-32(29(23)36)26-11-9-22(33)16-27(26)34/h4-7,10,15,26H,2-3,8-9,11-14,16-18H2,1H3,(H,30,35)/t26-/m0/s1. The third-order valence-electron chi connectivity index (χ3n) is 7.73. The zero-order chi connectivity index (χ0) is 25.2. The Kier molecular flexibility index (Phi) is 6.90. The van der Waals surface area contributed by atoms with Gasteiger partial charge in [0.2, 0.25) is 5.91 Å².